The van der Waals surface area contributed by atoms with Gasteiger partial charge >= 0.3 is 0 Å². The Kier molecular flexibility index (Phi) is 8.68. The van der Waals surface area contributed by atoms with Gasteiger partial charge in [-0.25, -0.2) is 12.7 Å². The summed E-state index contributed by atoms with van der Waals surface area (Å²) in [4.78, 5) is 18.2. The number of rotatable bonds is 11. The van der Waals surface area contributed by atoms with Crippen LogP contribution in [0.3, 0.4) is 0 Å². The van der Waals surface area contributed by atoms with Gasteiger partial charge in [0.1, 0.15) is 4.21 Å². The van der Waals surface area contributed by atoms with E-state index in [2.05, 4.69) is 11.0 Å². The van der Waals surface area contributed by atoms with Crippen LogP contribution in [0, 0.1) is 0 Å². The first kappa shape index (κ1) is 28.4. The molecule has 1 aromatic heterocycles. The van der Waals surface area contributed by atoms with E-state index in [1.165, 1.54) is 22.1 Å². The Morgan fingerprint density at radius 3 is 2.48 bits per heavy atom. The highest BCUT2D eigenvalue weighted by molar-refractivity contribution is 7.91. The van der Waals surface area contributed by atoms with Crippen LogP contribution in [-0.2, 0) is 16.6 Å². The number of sulfonamides is 1. The standard InChI is InChI=1S/C30H37N3O5S2/c1-31(40(35,36)29-13-9-19-39-29)16-8-12-25(22-14-15-27(37-2)28(20-22)38-3)33-21-24-23(30(33)34)10-7-11-26(24)32-17-5-4-6-18-32/h7,9-11,13-15,19-20,25H,4-6,8,12,16-18,21H2,1-3H3/t25-/m1/s1. The van der Waals surface area contributed by atoms with Crippen LogP contribution in [0.15, 0.2) is 58.1 Å². The first-order valence-corrected chi connectivity index (χ1v) is 16.1. The molecule has 0 N–H and O–H groups in total. The lowest BCUT2D eigenvalue weighted by atomic mass is 9.99. The van der Waals surface area contributed by atoms with Crippen molar-refractivity contribution in [2.75, 3.05) is 45.8 Å². The van der Waals surface area contributed by atoms with Crippen molar-refractivity contribution in [3.05, 3.63) is 70.6 Å². The summed E-state index contributed by atoms with van der Waals surface area (Å²) in [5, 5.41) is 1.77. The van der Waals surface area contributed by atoms with Crippen LogP contribution < -0.4 is 14.4 Å². The number of fused-ring (bicyclic) bond motifs is 1. The fourth-order valence-electron chi connectivity index (χ4n) is 5.77. The van der Waals surface area contributed by atoms with Gasteiger partial charge in [0.05, 0.1) is 20.3 Å². The van der Waals surface area contributed by atoms with E-state index in [0.717, 1.165) is 48.3 Å². The highest BCUT2D eigenvalue weighted by atomic mass is 32.2. The lowest BCUT2D eigenvalue weighted by Crippen LogP contribution is -2.32. The highest BCUT2D eigenvalue weighted by Crippen LogP contribution is 2.41. The number of carbonyl (C=O) groups excluding carboxylic acids is 1. The van der Waals surface area contributed by atoms with Crippen molar-refractivity contribution >= 4 is 33.0 Å². The maximum absolute atomic E-state index is 13.9. The molecular formula is C30H37N3O5S2. The summed E-state index contributed by atoms with van der Waals surface area (Å²) in [6.07, 6.45) is 4.75. The summed E-state index contributed by atoms with van der Waals surface area (Å²) in [6.45, 7) is 2.88. The summed E-state index contributed by atoms with van der Waals surface area (Å²) in [6, 6.07) is 14.9. The fourth-order valence-corrected chi connectivity index (χ4v) is 8.19. The number of methoxy groups -OCH3 is 2. The van der Waals surface area contributed by atoms with Crippen molar-refractivity contribution in [3.63, 3.8) is 0 Å². The molecular weight excluding hydrogens is 546 g/mol. The zero-order chi connectivity index (χ0) is 28.3. The van der Waals surface area contributed by atoms with Crippen LogP contribution in [0.25, 0.3) is 0 Å². The van der Waals surface area contributed by atoms with Gasteiger partial charge in [-0.2, -0.15) is 0 Å². The Morgan fingerprint density at radius 2 is 1.77 bits per heavy atom. The molecule has 0 spiro atoms. The molecule has 0 unspecified atom stereocenters. The zero-order valence-electron chi connectivity index (χ0n) is 23.3. The molecule has 2 aromatic carbocycles. The zero-order valence-corrected chi connectivity index (χ0v) is 25.0. The van der Waals surface area contributed by atoms with E-state index in [1.54, 1.807) is 38.8 Å². The minimum Gasteiger partial charge on any atom is -0.493 e. The summed E-state index contributed by atoms with van der Waals surface area (Å²) < 4.78 is 38.7. The number of thiophene rings is 1. The van der Waals surface area contributed by atoms with Gasteiger partial charge in [0, 0.05) is 50.0 Å². The Balaban J connectivity index is 1.42. The smallest absolute Gasteiger partial charge is 0.255 e. The van der Waals surface area contributed by atoms with E-state index in [9.17, 15) is 13.2 Å². The van der Waals surface area contributed by atoms with Crippen molar-refractivity contribution in [2.24, 2.45) is 0 Å². The summed E-state index contributed by atoms with van der Waals surface area (Å²) in [5.41, 5.74) is 3.92. The summed E-state index contributed by atoms with van der Waals surface area (Å²) in [5.74, 6) is 1.23. The molecule has 0 bridgehead atoms. The molecule has 3 aromatic rings. The van der Waals surface area contributed by atoms with Crippen LogP contribution in [0.1, 0.15) is 59.6 Å². The average molecular weight is 584 g/mol. The molecule has 5 rings (SSSR count). The predicted octanol–water partition coefficient (Wildman–Crippen LogP) is 5.55. The third kappa shape index (κ3) is 5.57. The van der Waals surface area contributed by atoms with Crippen molar-refractivity contribution in [2.45, 2.75) is 48.9 Å². The number of carbonyl (C=O) groups is 1. The maximum atomic E-state index is 13.9. The largest absolute Gasteiger partial charge is 0.493 e. The van der Waals surface area contributed by atoms with Gasteiger partial charge in [-0.05, 0) is 73.4 Å². The number of ether oxygens (including phenoxy) is 2. The quantitative estimate of drug-likeness (QED) is 0.294. The molecule has 10 heteroatoms. The molecule has 2 aliphatic rings. The monoisotopic (exact) mass is 583 g/mol. The number of piperidine rings is 1. The van der Waals surface area contributed by atoms with Crippen LogP contribution >= 0.6 is 11.3 Å². The number of benzene rings is 2. The SMILES string of the molecule is COc1ccc([C@@H](CCCN(C)S(=O)(=O)c2cccs2)N2Cc3c(cccc3N3CCCCC3)C2=O)cc1OC. The molecule has 1 atom stereocenters. The van der Waals surface area contributed by atoms with Gasteiger partial charge in [0.25, 0.3) is 15.9 Å². The van der Waals surface area contributed by atoms with Gasteiger partial charge in [-0.15, -0.1) is 11.3 Å². The molecule has 1 fully saturated rings. The first-order chi connectivity index (χ1) is 19.3. The van der Waals surface area contributed by atoms with Crippen molar-refractivity contribution in [1.82, 2.24) is 9.21 Å². The van der Waals surface area contributed by atoms with Gasteiger partial charge < -0.3 is 19.3 Å². The van der Waals surface area contributed by atoms with E-state index in [-0.39, 0.29) is 11.9 Å². The van der Waals surface area contributed by atoms with E-state index in [1.807, 2.05) is 35.2 Å². The molecule has 0 saturated carbocycles. The van der Waals surface area contributed by atoms with E-state index < -0.39 is 10.0 Å². The van der Waals surface area contributed by atoms with Crippen LogP contribution in [0.4, 0.5) is 5.69 Å². The highest BCUT2D eigenvalue weighted by Gasteiger charge is 2.36. The molecule has 1 saturated heterocycles. The van der Waals surface area contributed by atoms with E-state index >= 15 is 0 Å². The lowest BCUT2D eigenvalue weighted by molar-refractivity contribution is 0.0688. The Morgan fingerprint density at radius 1 is 1.00 bits per heavy atom. The third-order valence-electron chi connectivity index (χ3n) is 7.95. The summed E-state index contributed by atoms with van der Waals surface area (Å²) in [7, 11) is 1.27. The molecule has 40 heavy (non-hydrogen) atoms. The second-order valence-electron chi connectivity index (χ2n) is 10.3. The normalized spacial score (nSPS) is 16.4. The third-order valence-corrected chi connectivity index (χ3v) is 11.2. The van der Waals surface area contributed by atoms with Crippen LogP contribution in [0.2, 0.25) is 0 Å². The van der Waals surface area contributed by atoms with Gasteiger partial charge in [-0.1, -0.05) is 18.2 Å². The van der Waals surface area contributed by atoms with Crippen molar-refractivity contribution in [1.29, 1.82) is 0 Å². The minimum atomic E-state index is -3.54. The van der Waals surface area contributed by atoms with Gasteiger partial charge in [0.15, 0.2) is 11.5 Å². The number of nitrogens with zero attached hydrogens (tertiary/aromatic N) is 3. The molecule has 1 amide bonds. The summed E-state index contributed by atoms with van der Waals surface area (Å²) >= 11 is 1.22. The Hall–Kier alpha value is -3.08. The molecule has 214 valence electrons. The molecule has 3 heterocycles. The number of hydrogen-bond acceptors (Lipinski definition) is 7. The number of hydrogen-bond donors (Lipinski definition) is 0. The van der Waals surface area contributed by atoms with Crippen molar-refractivity contribution in [3.8, 4) is 11.5 Å². The van der Waals surface area contributed by atoms with E-state index in [0.29, 0.717) is 41.6 Å². The van der Waals surface area contributed by atoms with E-state index in [4.69, 9.17) is 9.47 Å². The predicted molar refractivity (Wildman–Crippen MR) is 158 cm³/mol. The van der Waals surface area contributed by atoms with Crippen LogP contribution in [0.5, 0.6) is 11.5 Å². The molecule has 0 aliphatic carbocycles. The second-order valence-corrected chi connectivity index (χ2v) is 13.5. The minimum absolute atomic E-state index is 0.00760. The Bertz CT molecular complexity index is 1440. The molecule has 0 radical (unpaired) electrons. The number of anilines is 1. The Labute approximate surface area is 241 Å². The second kappa shape index (κ2) is 12.2. The van der Waals surface area contributed by atoms with Crippen molar-refractivity contribution < 1.29 is 22.7 Å². The molecule has 2 aliphatic heterocycles. The van der Waals surface area contributed by atoms with Gasteiger partial charge in [0.2, 0.25) is 0 Å². The fraction of sp³-hybridized carbons (Fsp3) is 0.433. The molecule has 8 nitrogen and oxygen atoms in total. The van der Waals surface area contributed by atoms with Crippen LogP contribution in [-0.4, -0.2) is 64.4 Å². The first-order valence-electron chi connectivity index (χ1n) is 13.7. The van der Waals surface area contributed by atoms with Gasteiger partial charge in [-0.3, -0.25) is 4.79 Å². The topological polar surface area (TPSA) is 79.4 Å². The average Bonchev–Trinajstić information content (AvgIpc) is 3.65. The lowest BCUT2D eigenvalue weighted by Gasteiger charge is -2.31. The maximum Gasteiger partial charge on any atom is 0.255 e. The number of amides is 1.